The highest BCUT2D eigenvalue weighted by Gasteiger charge is 2.09. The van der Waals surface area contributed by atoms with E-state index in [4.69, 9.17) is 0 Å². The minimum Gasteiger partial charge on any atom is -0.272 e. The molecule has 0 unspecified atom stereocenters. The highest BCUT2D eigenvalue weighted by molar-refractivity contribution is 8.03. The average molecular weight is 501 g/mol. The second-order valence-corrected chi connectivity index (χ2v) is 10.8. The normalized spacial score (nSPS) is 11.4. The fourth-order valence-corrected chi connectivity index (χ4v) is 6.38. The van der Waals surface area contributed by atoms with Gasteiger partial charge < -0.3 is 0 Å². The lowest BCUT2D eigenvalue weighted by molar-refractivity contribution is -0.118. The number of hydrogen-bond donors (Lipinski definition) is 1. The van der Waals surface area contributed by atoms with Gasteiger partial charge in [-0.1, -0.05) is 120 Å². The molecule has 1 heterocycles. The lowest BCUT2D eigenvalue weighted by Crippen LogP contribution is -2.19. The van der Waals surface area contributed by atoms with Gasteiger partial charge in [-0.05, 0) is 27.1 Å². The van der Waals surface area contributed by atoms with Crippen LogP contribution in [0.1, 0.15) is 11.1 Å². The third-order valence-corrected chi connectivity index (χ3v) is 8.40. The summed E-state index contributed by atoms with van der Waals surface area (Å²) in [7, 11) is 0. The van der Waals surface area contributed by atoms with E-state index in [9.17, 15) is 4.79 Å². The molecule has 5 rings (SSSR count). The van der Waals surface area contributed by atoms with Crippen molar-refractivity contribution in [2.75, 3.05) is 5.75 Å². The minimum absolute atomic E-state index is 0.179. The second kappa shape index (κ2) is 10.8. The summed E-state index contributed by atoms with van der Waals surface area (Å²) >= 11 is 4.54. The van der Waals surface area contributed by atoms with Crippen LogP contribution < -0.4 is 5.43 Å². The van der Waals surface area contributed by atoms with E-state index in [1.807, 2.05) is 30.3 Å². The quantitative estimate of drug-likeness (QED) is 0.152. The Labute approximate surface area is 209 Å². The SMILES string of the molecule is O=C(CSc1nnc(SCc2cccc3ccccc23)s1)N/N=C/c1cccc2ccccc12. The first-order valence-electron chi connectivity index (χ1n) is 10.6. The smallest absolute Gasteiger partial charge is 0.250 e. The van der Waals surface area contributed by atoms with E-state index in [-0.39, 0.29) is 11.7 Å². The van der Waals surface area contributed by atoms with Crippen molar-refractivity contribution in [1.82, 2.24) is 15.6 Å². The van der Waals surface area contributed by atoms with Crippen molar-refractivity contribution in [3.63, 3.8) is 0 Å². The molecule has 4 aromatic carbocycles. The Morgan fingerprint density at radius 2 is 1.47 bits per heavy atom. The number of carbonyl (C=O) groups excluding carboxylic acids is 1. The summed E-state index contributed by atoms with van der Waals surface area (Å²) in [5.41, 5.74) is 4.83. The Bertz CT molecular complexity index is 1470. The molecule has 0 saturated carbocycles. The van der Waals surface area contributed by atoms with Crippen LogP contribution >= 0.6 is 34.9 Å². The molecule has 0 aliphatic carbocycles. The van der Waals surface area contributed by atoms with E-state index in [2.05, 4.69) is 75.3 Å². The summed E-state index contributed by atoms with van der Waals surface area (Å²) in [6, 6.07) is 28.8. The first kappa shape index (κ1) is 22.6. The standard InChI is InChI=1S/C26H20N4OS3/c31-24(28-27-15-20-11-5-9-18-7-1-3-13-22(18)20)17-33-26-30-29-25(34-26)32-16-21-12-6-10-19-8-2-4-14-23(19)21/h1-15H,16-17H2,(H,28,31)/b27-15+. The molecule has 5 aromatic rings. The number of nitrogens with one attached hydrogen (secondary N) is 1. The van der Waals surface area contributed by atoms with E-state index in [0.717, 1.165) is 30.8 Å². The molecule has 0 atom stereocenters. The van der Waals surface area contributed by atoms with Gasteiger partial charge in [0.15, 0.2) is 8.68 Å². The fourth-order valence-electron chi connectivity index (χ4n) is 3.57. The number of hydrogen-bond acceptors (Lipinski definition) is 7. The largest absolute Gasteiger partial charge is 0.272 e. The summed E-state index contributed by atoms with van der Waals surface area (Å²) in [5.74, 6) is 0.876. The van der Waals surface area contributed by atoms with Gasteiger partial charge in [-0.2, -0.15) is 5.10 Å². The van der Waals surface area contributed by atoms with Gasteiger partial charge in [0, 0.05) is 11.3 Å². The summed E-state index contributed by atoms with van der Waals surface area (Å²) in [6.07, 6.45) is 1.68. The third kappa shape index (κ3) is 5.47. The van der Waals surface area contributed by atoms with Crippen molar-refractivity contribution in [3.05, 3.63) is 96.1 Å². The molecular weight excluding hydrogens is 481 g/mol. The Morgan fingerprint density at radius 3 is 2.29 bits per heavy atom. The number of rotatable bonds is 8. The maximum absolute atomic E-state index is 12.2. The lowest BCUT2D eigenvalue weighted by atomic mass is 10.1. The van der Waals surface area contributed by atoms with E-state index in [1.54, 1.807) is 18.0 Å². The Hall–Kier alpha value is -3.20. The summed E-state index contributed by atoms with van der Waals surface area (Å²) < 4.78 is 1.67. The molecule has 5 nitrogen and oxygen atoms in total. The molecule has 168 valence electrons. The van der Waals surface area contributed by atoms with Crippen LogP contribution in [0.25, 0.3) is 21.5 Å². The first-order chi connectivity index (χ1) is 16.8. The number of hydrazone groups is 1. The Kier molecular flexibility index (Phi) is 7.19. The highest BCUT2D eigenvalue weighted by Crippen LogP contribution is 2.32. The average Bonchev–Trinajstić information content (AvgIpc) is 3.34. The van der Waals surface area contributed by atoms with Gasteiger partial charge in [0.25, 0.3) is 5.91 Å². The van der Waals surface area contributed by atoms with Gasteiger partial charge in [0.2, 0.25) is 0 Å². The van der Waals surface area contributed by atoms with Crippen LogP contribution in [0.5, 0.6) is 0 Å². The first-order valence-corrected chi connectivity index (χ1v) is 13.4. The molecular formula is C26H20N4OS3. The van der Waals surface area contributed by atoms with Crippen molar-refractivity contribution in [2.45, 2.75) is 14.4 Å². The number of aromatic nitrogens is 2. The van der Waals surface area contributed by atoms with Gasteiger partial charge >= 0.3 is 0 Å². The topological polar surface area (TPSA) is 67.2 Å². The molecule has 1 aromatic heterocycles. The zero-order chi connectivity index (χ0) is 23.2. The monoisotopic (exact) mass is 500 g/mol. The van der Waals surface area contributed by atoms with E-state index < -0.39 is 0 Å². The molecule has 34 heavy (non-hydrogen) atoms. The molecule has 1 N–H and O–H groups in total. The Balaban J connectivity index is 1.12. The zero-order valence-electron chi connectivity index (χ0n) is 18.0. The number of amides is 1. The minimum atomic E-state index is -0.179. The van der Waals surface area contributed by atoms with Crippen molar-refractivity contribution in [2.24, 2.45) is 5.10 Å². The molecule has 0 aliphatic rings. The molecule has 0 bridgehead atoms. The molecule has 0 aliphatic heterocycles. The van der Waals surface area contributed by atoms with Crippen LogP contribution in [-0.2, 0) is 10.5 Å². The van der Waals surface area contributed by atoms with Crippen LogP contribution in [0, 0.1) is 0 Å². The molecule has 0 fully saturated rings. The van der Waals surface area contributed by atoms with Crippen LogP contribution in [0.3, 0.4) is 0 Å². The maximum Gasteiger partial charge on any atom is 0.250 e. The number of thioether (sulfide) groups is 2. The highest BCUT2D eigenvalue weighted by atomic mass is 32.2. The van der Waals surface area contributed by atoms with Crippen molar-refractivity contribution in [3.8, 4) is 0 Å². The molecule has 0 radical (unpaired) electrons. The van der Waals surface area contributed by atoms with Crippen LogP contribution in [0.15, 0.2) is 98.7 Å². The van der Waals surface area contributed by atoms with Gasteiger partial charge in [-0.15, -0.1) is 10.2 Å². The van der Waals surface area contributed by atoms with Crippen LogP contribution in [-0.4, -0.2) is 28.1 Å². The zero-order valence-corrected chi connectivity index (χ0v) is 20.5. The van der Waals surface area contributed by atoms with E-state index in [1.165, 1.54) is 39.4 Å². The van der Waals surface area contributed by atoms with Crippen molar-refractivity contribution >= 4 is 68.5 Å². The van der Waals surface area contributed by atoms with Crippen molar-refractivity contribution < 1.29 is 4.79 Å². The lowest BCUT2D eigenvalue weighted by Gasteiger charge is -2.04. The Morgan fingerprint density at radius 1 is 0.824 bits per heavy atom. The van der Waals surface area contributed by atoms with E-state index >= 15 is 0 Å². The maximum atomic E-state index is 12.2. The number of carbonyl (C=O) groups is 1. The van der Waals surface area contributed by atoms with Crippen molar-refractivity contribution in [1.29, 1.82) is 0 Å². The summed E-state index contributed by atoms with van der Waals surface area (Å²) in [5, 5.41) is 17.3. The fraction of sp³-hybridized carbons (Fsp3) is 0.0769. The van der Waals surface area contributed by atoms with E-state index in [0.29, 0.717) is 0 Å². The summed E-state index contributed by atoms with van der Waals surface area (Å²) in [6.45, 7) is 0. The molecule has 1 amide bonds. The summed E-state index contributed by atoms with van der Waals surface area (Å²) in [4.78, 5) is 12.2. The number of benzene rings is 4. The van der Waals surface area contributed by atoms with Gasteiger partial charge in [-0.3, -0.25) is 4.79 Å². The molecule has 0 saturated heterocycles. The van der Waals surface area contributed by atoms with Gasteiger partial charge in [0.1, 0.15) is 0 Å². The predicted octanol–water partition coefficient (Wildman–Crippen LogP) is 6.38. The van der Waals surface area contributed by atoms with Gasteiger partial charge in [-0.25, -0.2) is 5.43 Å². The molecule has 8 heteroatoms. The number of fused-ring (bicyclic) bond motifs is 2. The molecule has 0 spiro atoms. The number of nitrogens with zero attached hydrogens (tertiary/aromatic N) is 3. The van der Waals surface area contributed by atoms with Gasteiger partial charge in [0.05, 0.1) is 12.0 Å². The predicted molar refractivity (Wildman–Crippen MR) is 144 cm³/mol. The third-order valence-electron chi connectivity index (χ3n) is 5.16. The van der Waals surface area contributed by atoms with Crippen LogP contribution in [0.2, 0.25) is 0 Å². The van der Waals surface area contributed by atoms with Crippen LogP contribution in [0.4, 0.5) is 0 Å². The second-order valence-electron chi connectivity index (χ2n) is 7.41.